The van der Waals surface area contributed by atoms with Crippen molar-refractivity contribution in [2.24, 2.45) is 11.3 Å². The molecule has 0 aromatic heterocycles. The number of likely N-dealkylation sites (tertiary alicyclic amines) is 1. The Morgan fingerprint density at radius 2 is 2.07 bits per heavy atom. The molecule has 3 nitrogen and oxygen atoms in total. The maximum absolute atomic E-state index is 10.2. The first-order valence-corrected chi connectivity index (χ1v) is 5.72. The molecule has 14 heavy (non-hydrogen) atoms. The van der Waals surface area contributed by atoms with Gasteiger partial charge in [0.05, 0.1) is 0 Å². The second-order valence-corrected chi connectivity index (χ2v) is 5.50. The lowest BCUT2D eigenvalue weighted by Gasteiger charge is -2.59. The Bertz CT molecular complexity index is 236. The van der Waals surface area contributed by atoms with Gasteiger partial charge in [0.1, 0.15) is 0 Å². The first-order valence-electron chi connectivity index (χ1n) is 5.72. The molecule has 3 heteroatoms. The van der Waals surface area contributed by atoms with E-state index in [1.54, 1.807) is 0 Å². The van der Waals surface area contributed by atoms with Gasteiger partial charge in [-0.15, -0.1) is 0 Å². The molecule has 0 unspecified atom stereocenters. The highest BCUT2D eigenvalue weighted by molar-refractivity contribution is 5.47. The summed E-state index contributed by atoms with van der Waals surface area (Å²) in [4.78, 5) is 12.8. The molecule has 0 radical (unpaired) electrons. The van der Waals surface area contributed by atoms with Crippen molar-refractivity contribution in [1.29, 1.82) is 0 Å². The molecular weight excluding hydrogens is 176 g/mol. The van der Waals surface area contributed by atoms with Crippen molar-refractivity contribution < 1.29 is 4.79 Å². The largest absolute Gasteiger partial charge is 0.356 e. The number of hydrogen-bond donors (Lipinski definition) is 1. The van der Waals surface area contributed by atoms with Crippen molar-refractivity contribution in [2.45, 2.75) is 31.7 Å². The predicted molar refractivity (Wildman–Crippen MR) is 53.8 cm³/mol. The molecule has 3 rings (SSSR count). The average molecular weight is 194 g/mol. The van der Waals surface area contributed by atoms with E-state index in [0.29, 0.717) is 11.5 Å². The van der Waals surface area contributed by atoms with Crippen molar-refractivity contribution in [3.8, 4) is 0 Å². The Morgan fingerprint density at radius 3 is 2.64 bits per heavy atom. The van der Waals surface area contributed by atoms with Crippen LogP contribution in [0.1, 0.15) is 25.7 Å². The highest BCUT2D eigenvalue weighted by atomic mass is 16.1. The lowest BCUT2D eigenvalue weighted by atomic mass is 9.60. The lowest BCUT2D eigenvalue weighted by Crippen LogP contribution is -2.66. The van der Waals surface area contributed by atoms with E-state index in [1.807, 2.05) is 0 Å². The number of amides is 1. The smallest absolute Gasteiger partial charge is 0.207 e. The zero-order valence-electron chi connectivity index (χ0n) is 8.54. The van der Waals surface area contributed by atoms with Gasteiger partial charge in [-0.3, -0.25) is 4.79 Å². The number of rotatable bonds is 4. The summed E-state index contributed by atoms with van der Waals surface area (Å²) in [5.41, 5.74) is 0.607. The maximum Gasteiger partial charge on any atom is 0.207 e. The third-order valence-corrected chi connectivity index (χ3v) is 3.99. The minimum Gasteiger partial charge on any atom is -0.356 e. The topological polar surface area (TPSA) is 32.3 Å². The number of nitrogens with zero attached hydrogens (tertiary/aromatic N) is 1. The molecule has 1 amide bonds. The summed E-state index contributed by atoms with van der Waals surface area (Å²) >= 11 is 0. The van der Waals surface area contributed by atoms with Crippen LogP contribution in [0, 0.1) is 11.3 Å². The van der Waals surface area contributed by atoms with Crippen molar-refractivity contribution in [2.75, 3.05) is 19.6 Å². The van der Waals surface area contributed by atoms with Crippen LogP contribution in [0.4, 0.5) is 0 Å². The summed E-state index contributed by atoms with van der Waals surface area (Å²) in [6.45, 7) is 3.93. The third-order valence-electron chi connectivity index (χ3n) is 3.99. The molecule has 2 saturated carbocycles. The second-order valence-electron chi connectivity index (χ2n) is 5.50. The molecule has 0 aromatic carbocycles. The van der Waals surface area contributed by atoms with E-state index < -0.39 is 0 Å². The van der Waals surface area contributed by atoms with E-state index in [-0.39, 0.29) is 0 Å². The Labute approximate surface area is 84.8 Å². The molecule has 1 spiro atoms. The summed E-state index contributed by atoms with van der Waals surface area (Å²) in [6.07, 6.45) is 6.19. The SMILES string of the molecule is O=CNC1CC2(C1)CN(CC1CC1)C2. The summed E-state index contributed by atoms with van der Waals surface area (Å²) in [5, 5.41) is 2.87. The fourth-order valence-electron chi connectivity index (χ4n) is 3.15. The van der Waals surface area contributed by atoms with Crippen LogP contribution in [-0.2, 0) is 4.79 Å². The van der Waals surface area contributed by atoms with Gasteiger partial charge in [-0.05, 0) is 37.0 Å². The van der Waals surface area contributed by atoms with Crippen LogP contribution in [-0.4, -0.2) is 37.0 Å². The van der Waals surface area contributed by atoms with Crippen molar-refractivity contribution in [3.63, 3.8) is 0 Å². The molecule has 1 aliphatic heterocycles. The Balaban J connectivity index is 1.39. The van der Waals surface area contributed by atoms with Crippen LogP contribution >= 0.6 is 0 Å². The zero-order chi connectivity index (χ0) is 9.60. The molecule has 78 valence electrons. The zero-order valence-corrected chi connectivity index (χ0v) is 8.54. The van der Waals surface area contributed by atoms with Crippen LogP contribution in [0.3, 0.4) is 0 Å². The Kier molecular flexibility index (Phi) is 1.84. The van der Waals surface area contributed by atoms with Gasteiger partial charge in [-0.25, -0.2) is 0 Å². The number of nitrogens with one attached hydrogen (secondary N) is 1. The van der Waals surface area contributed by atoms with Gasteiger partial charge in [0.15, 0.2) is 0 Å². The fraction of sp³-hybridized carbons (Fsp3) is 0.909. The van der Waals surface area contributed by atoms with Gasteiger partial charge in [-0.1, -0.05) is 0 Å². The molecule has 1 N–H and O–H groups in total. The van der Waals surface area contributed by atoms with Gasteiger partial charge in [-0.2, -0.15) is 0 Å². The van der Waals surface area contributed by atoms with Crippen molar-refractivity contribution in [1.82, 2.24) is 10.2 Å². The molecule has 0 atom stereocenters. The normalized spacial score (nSPS) is 30.9. The van der Waals surface area contributed by atoms with Crippen LogP contribution < -0.4 is 5.32 Å². The van der Waals surface area contributed by atoms with Crippen LogP contribution in [0.5, 0.6) is 0 Å². The van der Waals surface area contributed by atoms with E-state index in [9.17, 15) is 4.79 Å². The van der Waals surface area contributed by atoms with E-state index >= 15 is 0 Å². The quantitative estimate of drug-likeness (QED) is 0.665. The molecule has 3 fully saturated rings. The van der Waals surface area contributed by atoms with E-state index in [4.69, 9.17) is 0 Å². The summed E-state index contributed by atoms with van der Waals surface area (Å²) in [7, 11) is 0. The number of carbonyl (C=O) groups excluding carboxylic acids is 1. The molecule has 2 aliphatic carbocycles. The van der Waals surface area contributed by atoms with Crippen LogP contribution in [0.15, 0.2) is 0 Å². The average Bonchev–Trinajstić information content (AvgIpc) is 2.80. The first kappa shape index (κ1) is 8.72. The molecule has 1 saturated heterocycles. The lowest BCUT2D eigenvalue weighted by molar-refractivity contribution is -0.116. The Hall–Kier alpha value is -0.570. The molecule has 1 heterocycles. The molecule has 3 aliphatic rings. The predicted octanol–water partition coefficient (Wildman–Crippen LogP) is 0.607. The highest BCUT2D eigenvalue weighted by Crippen LogP contribution is 2.49. The summed E-state index contributed by atoms with van der Waals surface area (Å²) in [5.74, 6) is 1.02. The monoisotopic (exact) mass is 194 g/mol. The first-order chi connectivity index (χ1) is 6.80. The Morgan fingerprint density at radius 1 is 1.36 bits per heavy atom. The fourth-order valence-corrected chi connectivity index (χ4v) is 3.15. The van der Waals surface area contributed by atoms with Gasteiger partial charge in [0, 0.05) is 25.7 Å². The van der Waals surface area contributed by atoms with Gasteiger partial charge < -0.3 is 10.2 Å². The molecule has 0 aromatic rings. The van der Waals surface area contributed by atoms with E-state index in [1.165, 1.54) is 45.3 Å². The van der Waals surface area contributed by atoms with Crippen molar-refractivity contribution in [3.05, 3.63) is 0 Å². The molecular formula is C11H18N2O. The maximum atomic E-state index is 10.2. The van der Waals surface area contributed by atoms with E-state index in [0.717, 1.165) is 12.3 Å². The molecule has 0 bridgehead atoms. The summed E-state index contributed by atoms with van der Waals surface area (Å²) < 4.78 is 0. The third kappa shape index (κ3) is 1.44. The van der Waals surface area contributed by atoms with Crippen LogP contribution in [0.2, 0.25) is 0 Å². The highest BCUT2D eigenvalue weighted by Gasteiger charge is 2.52. The van der Waals surface area contributed by atoms with Crippen molar-refractivity contribution >= 4 is 6.41 Å². The minimum atomic E-state index is 0.482. The minimum absolute atomic E-state index is 0.482. The standard InChI is InChI=1S/C11H18N2O/c14-8-12-10-3-11(4-10)6-13(7-11)5-9-1-2-9/h8-10H,1-7H2,(H,12,14). The van der Waals surface area contributed by atoms with E-state index in [2.05, 4.69) is 10.2 Å². The number of hydrogen-bond acceptors (Lipinski definition) is 2. The van der Waals surface area contributed by atoms with Crippen LogP contribution in [0.25, 0.3) is 0 Å². The number of carbonyl (C=O) groups is 1. The van der Waals surface area contributed by atoms with Gasteiger partial charge in [0.2, 0.25) is 6.41 Å². The van der Waals surface area contributed by atoms with Gasteiger partial charge >= 0.3 is 0 Å². The van der Waals surface area contributed by atoms with Gasteiger partial charge in [0.25, 0.3) is 0 Å². The summed E-state index contributed by atoms with van der Waals surface area (Å²) in [6, 6.07) is 0.482. The second kappa shape index (κ2) is 2.96.